The summed E-state index contributed by atoms with van der Waals surface area (Å²) in [6, 6.07) is 4.23. The Labute approximate surface area is 173 Å². The van der Waals surface area contributed by atoms with Crippen molar-refractivity contribution >= 4 is 23.4 Å². The molecular formula is C21H23ClFN3O3. The van der Waals surface area contributed by atoms with E-state index in [0.717, 1.165) is 18.4 Å². The molecule has 0 unspecified atom stereocenters. The second kappa shape index (κ2) is 7.88. The summed E-state index contributed by atoms with van der Waals surface area (Å²) in [6.07, 6.45) is 3.45. The highest BCUT2D eigenvalue weighted by Gasteiger charge is 2.43. The molecule has 0 radical (unpaired) electrons. The van der Waals surface area contributed by atoms with Crippen molar-refractivity contribution in [1.29, 1.82) is 0 Å². The lowest BCUT2D eigenvalue weighted by molar-refractivity contribution is 0.0382. The second-order valence-electron chi connectivity index (χ2n) is 8.05. The normalized spacial score (nSPS) is 23.4. The van der Waals surface area contributed by atoms with E-state index in [2.05, 4.69) is 5.10 Å². The number of hydrogen-bond donors (Lipinski definition) is 0. The van der Waals surface area contributed by atoms with Gasteiger partial charge in [0, 0.05) is 31.2 Å². The van der Waals surface area contributed by atoms with Crippen molar-refractivity contribution < 1.29 is 18.7 Å². The summed E-state index contributed by atoms with van der Waals surface area (Å²) in [4.78, 5) is 26.1. The molecular weight excluding hydrogens is 397 g/mol. The lowest BCUT2D eigenvalue weighted by atomic mass is 10.0. The quantitative estimate of drug-likeness (QED) is 0.700. The van der Waals surface area contributed by atoms with E-state index in [4.69, 9.17) is 16.3 Å². The van der Waals surface area contributed by atoms with E-state index in [0.29, 0.717) is 47.8 Å². The molecule has 1 aromatic carbocycles. The van der Waals surface area contributed by atoms with E-state index in [1.165, 1.54) is 23.7 Å². The van der Waals surface area contributed by atoms with Crippen molar-refractivity contribution in [3.8, 4) is 0 Å². The van der Waals surface area contributed by atoms with E-state index < -0.39 is 0 Å². The maximum absolute atomic E-state index is 13.4. The molecule has 1 aliphatic carbocycles. The molecule has 0 spiro atoms. The number of halogens is 2. The molecule has 2 heterocycles. The highest BCUT2D eigenvalue weighted by atomic mass is 35.5. The van der Waals surface area contributed by atoms with Gasteiger partial charge in [-0.05, 0) is 60.9 Å². The van der Waals surface area contributed by atoms with Gasteiger partial charge < -0.3 is 9.64 Å². The number of nitrogens with zero attached hydrogens (tertiary/aromatic N) is 3. The molecule has 0 N–H and O–H groups in total. The summed E-state index contributed by atoms with van der Waals surface area (Å²) in [5.41, 5.74) is 1.76. The van der Waals surface area contributed by atoms with Crippen LogP contribution in [0.5, 0.6) is 0 Å². The number of carbonyl (C=O) groups excluding carboxylic acids is 2. The van der Waals surface area contributed by atoms with Gasteiger partial charge in [-0.25, -0.2) is 9.18 Å². The largest absolute Gasteiger partial charge is 0.374 e. The third-order valence-electron chi connectivity index (χ3n) is 5.81. The first-order valence-electron chi connectivity index (χ1n) is 9.73. The maximum atomic E-state index is 13.4. The molecule has 1 saturated heterocycles. The zero-order valence-electron chi connectivity index (χ0n) is 16.4. The zero-order chi connectivity index (χ0) is 20.7. The summed E-state index contributed by atoms with van der Waals surface area (Å²) in [6.45, 7) is 4.86. The average molecular weight is 420 g/mol. The van der Waals surface area contributed by atoms with Crippen molar-refractivity contribution in [2.45, 2.75) is 39.4 Å². The Bertz CT molecular complexity index is 926. The fraction of sp³-hybridized carbons (Fsp3) is 0.476. The van der Waals surface area contributed by atoms with Crippen molar-refractivity contribution in [1.82, 2.24) is 14.7 Å². The van der Waals surface area contributed by atoms with Crippen LogP contribution >= 0.6 is 11.6 Å². The Kier molecular flexibility index (Phi) is 5.44. The topological polar surface area (TPSA) is 64.4 Å². The summed E-state index contributed by atoms with van der Waals surface area (Å²) in [7, 11) is 0. The van der Waals surface area contributed by atoms with Gasteiger partial charge in [0.15, 0.2) is 5.78 Å². The van der Waals surface area contributed by atoms with Gasteiger partial charge in [-0.3, -0.25) is 4.79 Å². The number of aromatic nitrogens is 2. The maximum Gasteiger partial charge on any atom is 0.344 e. The lowest BCUT2D eigenvalue weighted by Gasteiger charge is -2.19. The predicted octanol–water partition coefficient (Wildman–Crippen LogP) is 4.08. The highest BCUT2D eigenvalue weighted by molar-refractivity contribution is 6.30. The monoisotopic (exact) mass is 419 g/mol. The molecule has 2 aromatic rings. The lowest BCUT2D eigenvalue weighted by Crippen LogP contribution is -2.34. The number of Topliss-reactive ketones (excluding diaryl/α,β-unsaturated/α-hetero) is 1. The number of fused-ring (bicyclic) bond motifs is 1. The first-order valence-corrected chi connectivity index (χ1v) is 10.1. The van der Waals surface area contributed by atoms with Crippen LogP contribution in [-0.2, 0) is 11.3 Å². The third-order valence-corrected chi connectivity index (χ3v) is 6.03. The highest BCUT2D eigenvalue weighted by Crippen LogP contribution is 2.40. The Morgan fingerprint density at radius 1 is 1.24 bits per heavy atom. The Morgan fingerprint density at radius 3 is 2.52 bits per heavy atom. The van der Waals surface area contributed by atoms with Gasteiger partial charge in [-0.15, -0.1) is 0 Å². The molecule has 2 aliphatic rings. The number of aryl methyl sites for hydroxylation is 1. The number of ether oxygens (including phenoxy) is 1. The number of ketones is 1. The van der Waals surface area contributed by atoms with Crippen LogP contribution in [0.4, 0.5) is 9.18 Å². The van der Waals surface area contributed by atoms with Gasteiger partial charge in [0.25, 0.3) is 0 Å². The van der Waals surface area contributed by atoms with Crippen LogP contribution in [0.2, 0.25) is 5.02 Å². The number of carbonyl (C=O) groups is 2. The minimum absolute atomic E-state index is 0.0977. The summed E-state index contributed by atoms with van der Waals surface area (Å²) >= 11 is 5.89. The molecule has 154 valence electrons. The minimum Gasteiger partial charge on any atom is -0.374 e. The summed E-state index contributed by atoms with van der Waals surface area (Å²) < 4.78 is 20.7. The predicted molar refractivity (Wildman–Crippen MR) is 106 cm³/mol. The zero-order valence-corrected chi connectivity index (χ0v) is 17.2. The number of rotatable bonds is 4. The Balaban J connectivity index is 1.32. The van der Waals surface area contributed by atoms with Crippen LogP contribution in [0.1, 0.15) is 41.4 Å². The average Bonchev–Trinajstić information content (AvgIpc) is 3.31. The number of amides is 1. The van der Waals surface area contributed by atoms with Crippen LogP contribution in [0.3, 0.4) is 0 Å². The van der Waals surface area contributed by atoms with Crippen LogP contribution < -0.4 is 0 Å². The van der Waals surface area contributed by atoms with Gasteiger partial charge in [0.1, 0.15) is 11.5 Å². The van der Waals surface area contributed by atoms with Crippen molar-refractivity contribution in [2.75, 3.05) is 13.1 Å². The first kappa shape index (κ1) is 20.0. The van der Waals surface area contributed by atoms with Gasteiger partial charge >= 0.3 is 6.03 Å². The van der Waals surface area contributed by atoms with Gasteiger partial charge in [-0.2, -0.15) is 9.78 Å². The van der Waals surface area contributed by atoms with E-state index in [9.17, 15) is 14.0 Å². The van der Waals surface area contributed by atoms with E-state index in [1.807, 2.05) is 0 Å². The molecule has 0 bridgehead atoms. The molecule has 4 rings (SSSR count). The Hall–Kier alpha value is -2.25. The third kappa shape index (κ3) is 4.21. The molecule has 8 heteroatoms. The molecule has 6 nitrogen and oxygen atoms in total. The SMILES string of the molecule is CC(=O)c1nn(C(=O)N2C[C@H]3C[C@H](OCc4cc(F)cc(Cl)c4)C[C@H]3C2)cc1C. The molecule has 1 aliphatic heterocycles. The number of likely N-dealkylation sites (tertiary alicyclic amines) is 1. The van der Waals surface area contributed by atoms with Gasteiger partial charge in [-0.1, -0.05) is 11.6 Å². The van der Waals surface area contributed by atoms with Crippen LogP contribution in [0, 0.1) is 24.6 Å². The van der Waals surface area contributed by atoms with E-state index in [1.54, 1.807) is 24.1 Å². The van der Waals surface area contributed by atoms with Crippen molar-refractivity contribution in [3.05, 3.63) is 52.1 Å². The summed E-state index contributed by atoms with van der Waals surface area (Å²) in [5, 5.41) is 4.51. The van der Waals surface area contributed by atoms with E-state index >= 15 is 0 Å². The minimum atomic E-state index is -0.365. The second-order valence-corrected chi connectivity index (χ2v) is 8.49. The van der Waals surface area contributed by atoms with Crippen LogP contribution in [-0.4, -0.2) is 45.7 Å². The fourth-order valence-corrected chi connectivity index (χ4v) is 4.74. The molecule has 3 atom stereocenters. The van der Waals surface area contributed by atoms with E-state index in [-0.39, 0.29) is 23.7 Å². The van der Waals surface area contributed by atoms with Crippen LogP contribution in [0.15, 0.2) is 24.4 Å². The van der Waals surface area contributed by atoms with Crippen LogP contribution in [0.25, 0.3) is 0 Å². The van der Waals surface area contributed by atoms with Crippen molar-refractivity contribution in [3.63, 3.8) is 0 Å². The van der Waals surface area contributed by atoms with Gasteiger partial charge in [0.05, 0.1) is 12.7 Å². The van der Waals surface area contributed by atoms with Crippen molar-refractivity contribution in [2.24, 2.45) is 11.8 Å². The molecule has 1 saturated carbocycles. The fourth-order valence-electron chi connectivity index (χ4n) is 4.50. The molecule has 1 amide bonds. The smallest absolute Gasteiger partial charge is 0.344 e. The summed E-state index contributed by atoms with van der Waals surface area (Å²) in [5.74, 6) is 0.246. The molecule has 2 fully saturated rings. The molecule has 1 aromatic heterocycles. The number of hydrogen-bond acceptors (Lipinski definition) is 4. The Morgan fingerprint density at radius 2 is 1.93 bits per heavy atom. The molecule has 29 heavy (non-hydrogen) atoms. The first-order chi connectivity index (χ1) is 13.8. The standard InChI is InChI=1S/C21H23ClFN3O3/c1-12-8-26(24-20(12)13(2)27)21(28)25-9-15-5-19(6-16(15)10-25)29-11-14-3-17(22)7-18(23)4-14/h3-4,7-8,15-16,19H,5-6,9-11H2,1-2H3/t15-,16+,19+. The van der Waals surface area contributed by atoms with Gasteiger partial charge in [0.2, 0.25) is 0 Å². The number of benzene rings is 1.